The van der Waals surface area contributed by atoms with Gasteiger partial charge in [-0.15, -0.1) is 0 Å². The predicted octanol–water partition coefficient (Wildman–Crippen LogP) is 1.46. The fourth-order valence-electron chi connectivity index (χ4n) is 3.38. The number of benzene rings is 1. The van der Waals surface area contributed by atoms with E-state index in [1.807, 2.05) is 6.92 Å². The van der Waals surface area contributed by atoms with Crippen LogP contribution in [0.15, 0.2) is 27.9 Å². The Balaban J connectivity index is 1.64. The van der Waals surface area contributed by atoms with Gasteiger partial charge in [0.25, 0.3) is 11.4 Å². The molecule has 5 atom stereocenters. The number of nitrogens with one attached hydrogen (secondary N) is 1. The number of ether oxygens (including phenoxy) is 1. The van der Waals surface area contributed by atoms with Gasteiger partial charge in [0.15, 0.2) is 6.23 Å². The normalized spacial score (nSPS) is 33.2. The van der Waals surface area contributed by atoms with Gasteiger partial charge in [0.2, 0.25) is 0 Å². The van der Waals surface area contributed by atoms with Crippen LogP contribution in [0.4, 0.5) is 4.39 Å². The zero-order valence-electron chi connectivity index (χ0n) is 18.6. The van der Waals surface area contributed by atoms with Crippen LogP contribution in [0.5, 0.6) is 5.75 Å². The number of aromatic amines is 1. The highest BCUT2D eigenvalue weighted by Crippen LogP contribution is 2.56. The number of rotatable bonds is 4. The molecule has 1 fully saturated rings. The number of H-pyrrole nitrogens is 1. The van der Waals surface area contributed by atoms with E-state index in [0.29, 0.717) is 21.9 Å². The Labute approximate surface area is 187 Å². The van der Waals surface area contributed by atoms with Crippen molar-refractivity contribution in [3.8, 4) is 5.75 Å². The van der Waals surface area contributed by atoms with Gasteiger partial charge in [0.1, 0.15) is 29.5 Å². The molecule has 2 aliphatic heterocycles. The Morgan fingerprint density at radius 1 is 1.44 bits per heavy atom. The van der Waals surface area contributed by atoms with Gasteiger partial charge in [0, 0.05) is 11.8 Å². The molecule has 0 bridgehead atoms. The van der Waals surface area contributed by atoms with Crippen molar-refractivity contribution in [2.45, 2.75) is 44.7 Å². The smallest absolute Gasteiger partial charge is 0.403 e. The summed E-state index contributed by atoms with van der Waals surface area (Å²) in [5.41, 5.74) is -0.258. The van der Waals surface area contributed by atoms with Crippen molar-refractivity contribution in [2.75, 3.05) is 6.56 Å². The largest absolute Gasteiger partial charge is 0.530 e. The summed E-state index contributed by atoms with van der Waals surface area (Å²) in [4.78, 5) is 25.3. The topological polar surface area (TPSA) is 149 Å². The summed E-state index contributed by atoms with van der Waals surface area (Å²) in [7, 11) is -4.79. The minimum atomic E-state index is -4.79. The number of alkyl halides is 1. The van der Waals surface area contributed by atoms with E-state index in [0.717, 1.165) is 5.56 Å². The summed E-state index contributed by atoms with van der Waals surface area (Å²) >= 11 is 5.65. The van der Waals surface area contributed by atoms with E-state index in [9.17, 15) is 24.4 Å². The van der Waals surface area contributed by atoms with E-state index in [2.05, 4.69) is 0 Å². The molecule has 2 aromatic rings. The summed E-state index contributed by atoms with van der Waals surface area (Å²) < 4.78 is 65.3. The van der Waals surface area contributed by atoms with Crippen molar-refractivity contribution in [1.82, 2.24) is 9.55 Å². The molecular weight excluding hydrogens is 474 g/mol. The van der Waals surface area contributed by atoms with Crippen LogP contribution in [0.1, 0.15) is 25.7 Å². The minimum absolute atomic E-state index is 0.101. The number of hydrogen-bond acceptors (Lipinski definition) is 9. The van der Waals surface area contributed by atoms with Crippen LogP contribution in [-0.4, -0.2) is 44.4 Å². The molecule has 0 amide bonds. The number of aliphatic hydroxyl groups is 2. The number of hydrogen-bond donors (Lipinski definition) is 3. The molecule has 3 N–H and O–H groups in total. The van der Waals surface area contributed by atoms with E-state index in [4.69, 9.17) is 32.7 Å². The molecule has 0 aliphatic carbocycles. The van der Waals surface area contributed by atoms with Gasteiger partial charge in [-0.2, -0.15) is 0 Å². The van der Waals surface area contributed by atoms with Gasteiger partial charge in [-0.3, -0.25) is 23.4 Å². The molecule has 11 nitrogen and oxygen atoms in total. The minimum Gasteiger partial charge on any atom is -0.403 e. The average Bonchev–Trinajstić information content (AvgIpc) is 2.96. The summed E-state index contributed by atoms with van der Waals surface area (Å²) in [6.07, 6.45) is -6.20. The Morgan fingerprint density at radius 3 is 2.88 bits per heavy atom. The molecule has 1 saturated heterocycles. The lowest BCUT2D eigenvalue weighted by atomic mass is 10.1. The van der Waals surface area contributed by atoms with Crippen LogP contribution in [0.3, 0.4) is 0 Å². The van der Waals surface area contributed by atoms with Crippen LogP contribution in [0.25, 0.3) is 0 Å². The van der Waals surface area contributed by atoms with Gasteiger partial charge in [-0.05, 0) is 19.4 Å². The molecule has 174 valence electrons. The van der Waals surface area contributed by atoms with Gasteiger partial charge >= 0.3 is 13.5 Å². The highest BCUT2D eigenvalue weighted by molar-refractivity contribution is 7.49. The Hall–Kier alpha value is -2.05. The van der Waals surface area contributed by atoms with Crippen LogP contribution >= 0.6 is 19.4 Å². The number of fused-ring (bicyclic) bond motifs is 1. The second-order valence-electron chi connectivity index (χ2n) is 7.31. The number of halogens is 2. The Morgan fingerprint density at radius 2 is 2.16 bits per heavy atom. The third-order valence-electron chi connectivity index (χ3n) is 4.86. The maximum absolute atomic E-state index is 15.7. The fraction of sp³-hybridized carbons (Fsp3) is 0.444. The van der Waals surface area contributed by atoms with Crippen molar-refractivity contribution in [2.24, 2.45) is 0 Å². The van der Waals surface area contributed by atoms with E-state index in [1.165, 1.54) is 0 Å². The SMILES string of the molecule is [2H]C([2H])(OP1(=O)OCc2cc(C)cc(C)c2O1)[C@@]1(F)O[C@@H](n2cc(Cl)c(=O)[nH]c2=O)[C@H](O)[C@@H]1O. The molecule has 1 unspecified atom stereocenters. The second-order valence-corrected chi connectivity index (χ2v) is 9.23. The number of nitrogens with zero attached hydrogens (tertiary/aromatic N) is 1. The number of phosphoric ester groups is 1. The lowest BCUT2D eigenvalue weighted by Gasteiger charge is -2.29. The quantitative estimate of drug-likeness (QED) is 0.537. The molecule has 0 radical (unpaired) electrons. The van der Waals surface area contributed by atoms with E-state index < -0.39 is 54.9 Å². The maximum atomic E-state index is 15.7. The van der Waals surface area contributed by atoms with Crippen LogP contribution in [0.2, 0.25) is 5.02 Å². The zero-order valence-corrected chi connectivity index (χ0v) is 18.2. The van der Waals surface area contributed by atoms with E-state index in [-0.39, 0.29) is 12.4 Å². The molecular formula is C18H19ClFN2O9P. The first-order valence-electron chi connectivity index (χ1n) is 10.2. The monoisotopic (exact) mass is 494 g/mol. The molecule has 0 spiro atoms. The molecule has 1 aromatic heterocycles. The summed E-state index contributed by atoms with van der Waals surface area (Å²) in [6, 6.07) is 3.40. The Bertz CT molecular complexity index is 1320. The van der Waals surface area contributed by atoms with Gasteiger partial charge < -0.3 is 19.5 Å². The van der Waals surface area contributed by atoms with Crippen LogP contribution in [-0.2, 0) is 25.0 Å². The van der Waals surface area contributed by atoms with Crippen LogP contribution in [0, 0.1) is 13.8 Å². The molecule has 0 saturated carbocycles. The van der Waals surface area contributed by atoms with E-state index in [1.54, 1.807) is 24.0 Å². The summed E-state index contributed by atoms with van der Waals surface area (Å²) in [5, 5.41) is 20.0. The first-order valence-corrected chi connectivity index (χ1v) is 11.0. The predicted molar refractivity (Wildman–Crippen MR) is 107 cm³/mol. The fourth-order valence-corrected chi connectivity index (χ4v) is 4.69. The van der Waals surface area contributed by atoms with Gasteiger partial charge in [-0.25, -0.2) is 13.8 Å². The number of aryl methyl sites for hydroxylation is 2. The maximum Gasteiger partial charge on any atom is 0.530 e. The van der Waals surface area contributed by atoms with Crippen molar-refractivity contribution < 1.29 is 40.2 Å². The van der Waals surface area contributed by atoms with Crippen molar-refractivity contribution in [3.05, 3.63) is 60.9 Å². The zero-order chi connectivity index (χ0) is 25.2. The highest BCUT2D eigenvalue weighted by Gasteiger charge is 2.57. The lowest BCUT2D eigenvalue weighted by molar-refractivity contribution is -0.205. The third-order valence-corrected chi connectivity index (χ3v) is 6.30. The van der Waals surface area contributed by atoms with Gasteiger partial charge in [-0.1, -0.05) is 29.3 Å². The molecule has 32 heavy (non-hydrogen) atoms. The molecule has 1 aromatic carbocycles. The summed E-state index contributed by atoms with van der Waals surface area (Å²) in [6.45, 7) is -0.580. The first-order chi connectivity index (χ1) is 15.7. The Kier molecular flexibility index (Phi) is 5.18. The average molecular weight is 495 g/mol. The third kappa shape index (κ3) is 4.03. The first kappa shape index (κ1) is 20.5. The van der Waals surface area contributed by atoms with Gasteiger partial charge in [0.05, 0.1) is 9.35 Å². The number of aromatic nitrogens is 2. The standard InChI is InChI=1S/C18H19ClFN2O9P/c1-8-3-9(2)13-10(4-8)6-28-32(27,31-13)29-7-18(20)14(24)12(23)16(30-18)22-5-11(19)15(25)21-17(22)26/h3-5,12,14,16,23-24H,6-7H2,1-2H3,(H,21,25,26)/t12-,14+,16-,18-,32?/m1/s1/i7D2. The van der Waals surface area contributed by atoms with E-state index >= 15 is 4.39 Å². The number of aliphatic hydroxyl groups excluding tert-OH is 2. The van der Waals surface area contributed by atoms with Crippen molar-refractivity contribution in [3.63, 3.8) is 0 Å². The number of phosphoric acid groups is 1. The molecule has 4 rings (SSSR count). The van der Waals surface area contributed by atoms with Crippen molar-refractivity contribution >= 4 is 19.4 Å². The summed E-state index contributed by atoms with van der Waals surface area (Å²) in [5.74, 6) is -3.77. The van der Waals surface area contributed by atoms with Crippen LogP contribution < -0.4 is 15.8 Å². The lowest BCUT2D eigenvalue weighted by Crippen LogP contribution is -2.43. The highest BCUT2D eigenvalue weighted by atomic mass is 35.5. The van der Waals surface area contributed by atoms with Crippen molar-refractivity contribution in [1.29, 1.82) is 0 Å². The molecule has 3 heterocycles. The second kappa shape index (κ2) is 8.07. The molecule has 2 aliphatic rings. The molecule has 14 heteroatoms.